The van der Waals surface area contributed by atoms with E-state index in [1.807, 2.05) is 54.6 Å². The molecule has 0 spiro atoms. The van der Waals surface area contributed by atoms with Crippen LogP contribution in [-0.4, -0.2) is 52.5 Å². The first-order chi connectivity index (χ1) is 16.0. The molecule has 1 saturated heterocycles. The van der Waals surface area contributed by atoms with Crippen LogP contribution in [0.4, 0.5) is 5.69 Å². The fourth-order valence-electron chi connectivity index (χ4n) is 4.36. The molecule has 1 fully saturated rings. The van der Waals surface area contributed by atoms with Gasteiger partial charge in [0.1, 0.15) is 0 Å². The zero-order valence-corrected chi connectivity index (χ0v) is 18.6. The zero-order chi connectivity index (χ0) is 23.2. The molecule has 0 aromatic heterocycles. The highest BCUT2D eigenvalue weighted by Gasteiger charge is 2.28. The van der Waals surface area contributed by atoms with E-state index in [2.05, 4.69) is 15.3 Å². The Hall–Kier alpha value is -3.52. The number of amides is 3. The van der Waals surface area contributed by atoms with Crippen LogP contribution < -0.4 is 11.1 Å². The van der Waals surface area contributed by atoms with E-state index in [-0.39, 0.29) is 36.6 Å². The number of carbonyl (C=O) groups excluding carboxylic acids is 3. The highest BCUT2D eigenvalue weighted by molar-refractivity contribution is 6.02. The number of hydrogen-bond acceptors (Lipinski definition) is 5. The molecule has 2 aliphatic heterocycles. The Morgan fingerprint density at radius 3 is 2.64 bits per heavy atom. The molecular formula is C25H29N5O3. The monoisotopic (exact) mass is 447 g/mol. The first kappa shape index (κ1) is 22.7. The van der Waals surface area contributed by atoms with Crippen LogP contribution >= 0.6 is 0 Å². The van der Waals surface area contributed by atoms with E-state index >= 15 is 0 Å². The molecule has 2 aromatic rings. The van der Waals surface area contributed by atoms with Gasteiger partial charge in [-0.15, -0.1) is 0 Å². The molecule has 33 heavy (non-hydrogen) atoms. The Kier molecular flexibility index (Phi) is 7.14. The molecule has 2 aromatic carbocycles. The lowest BCUT2D eigenvalue weighted by molar-refractivity contribution is -0.132. The smallest absolute Gasteiger partial charge is 0.243 e. The predicted octanol–water partition coefficient (Wildman–Crippen LogP) is 2.49. The third kappa shape index (κ3) is 5.84. The quantitative estimate of drug-likeness (QED) is 0.648. The van der Waals surface area contributed by atoms with Crippen LogP contribution in [0, 0.1) is 0 Å². The van der Waals surface area contributed by atoms with Crippen LogP contribution in [0.5, 0.6) is 0 Å². The zero-order valence-electron chi connectivity index (χ0n) is 18.6. The summed E-state index contributed by atoms with van der Waals surface area (Å²) in [6.45, 7) is 1.97. The Bertz CT molecular complexity index is 1050. The molecule has 3 N–H and O–H groups in total. The lowest BCUT2D eigenvalue weighted by Crippen LogP contribution is -2.39. The Morgan fingerprint density at radius 2 is 1.85 bits per heavy atom. The van der Waals surface area contributed by atoms with Gasteiger partial charge in [0.2, 0.25) is 17.7 Å². The van der Waals surface area contributed by atoms with Crippen molar-refractivity contribution in [1.29, 1.82) is 0 Å². The lowest BCUT2D eigenvalue weighted by Gasteiger charge is -2.22. The molecule has 2 aliphatic rings. The van der Waals surface area contributed by atoms with Gasteiger partial charge in [0, 0.05) is 31.5 Å². The van der Waals surface area contributed by atoms with E-state index in [0.717, 1.165) is 36.2 Å². The van der Waals surface area contributed by atoms with Crippen LogP contribution in [0.1, 0.15) is 43.2 Å². The maximum Gasteiger partial charge on any atom is 0.243 e. The average Bonchev–Trinajstić information content (AvgIpc) is 3.48. The number of hydrazone groups is 1. The molecule has 1 unspecified atom stereocenters. The van der Waals surface area contributed by atoms with Crippen molar-refractivity contribution in [1.82, 2.24) is 9.91 Å². The number of nitrogens with one attached hydrogen (secondary N) is 1. The van der Waals surface area contributed by atoms with E-state index in [9.17, 15) is 14.4 Å². The maximum atomic E-state index is 12.5. The third-order valence-electron chi connectivity index (χ3n) is 6.05. The summed E-state index contributed by atoms with van der Waals surface area (Å²) >= 11 is 0. The fourth-order valence-corrected chi connectivity index (χ4v) is 4.36. The Balaban J connectivity index is 1.27. The number of primary amides is 1. The second-order valence-electron chi connectivity index (χ2n) is 8.46. The number of likely N-dealkylation sites (tertiary alicyclic amines) is 1. The summed E-state index contributed by atoms with van der Waals surface area (Å²) in [5, 5.41) is 8.76. The second-order valence-corrected chi connectivity index (χ2v) is 8.46. The largest absolute Gasteiger partial charge is 0.368 e. The van der Waals surface area contributed by atoms with E-state index in [4.69, 9.17) is 5.73 Å². The van der Waals surface area contributed by atoms with Crippen LogP contribution in [0.2, 0.25) is 0 Å². The van der Waals surface area contributed by atoms with Crippen LogP contribution in [0.3, 0.4) is 0 Å². The minimum Gasteiger partial charge on any atom is -0.368 e. The average molecular weight is 448 g/mol. The highest BCUT2D eigenvalue weighted by atomic mass is 16.2. The van der Waals surface area contributed by atoms with E-state index in [0.29, 0.717) is 25.2 Å². The fraction of sp³-hybridized carbons (Fsp3) is 0.360. The van der Waals surface area contributed by atoms with E-state index < -0.39 is 0 Å². The Morgan fingerprint density at radius 1 is 1.03 bits per heavy atom. The van der Waals surface area contributed by atoms with Gasteiger partial charge in [-0.25, -0.2) is 5.01 Å². The summed E-state index contributed by atoms with van der Waals surface area (Å²) in [5.41, 5.74) is 9.08. The van der Waals surface area contributed by atoms with Gasteiger partial charge in [0.15, 0.2) is 0 Å². The molecule has 1 atom stereocenters. The first-order valence-corrected chi connectivity index (χ1v) is 11.3. The van der Waals surface area contributed by atoms with Crippen molar-refractivity contribution in [3.63, 3.8) is 0 Å². The number of nitrogens with two attached hydrogens (primary N) is 1. The van der Waals surface area contributed by atoms with Gasteiger partial charge in [-0.1, -0.05) is 42.5 Å². The van der Waals surface area contributed by atoms with Crippen molar-refractivity contribution in [3.8, 4) is 0 Å². The lowest BCUT2D eigenvalue weighted by atomic mass is 10.1. The molecular weight excluding hydrogens is 418 g/mol. The third-order valence-corrected chi connectivity index (χ3v) is 6.05. The van der Waals surface area contributed by atoms with Crippen molar-refractivity contribution >= 4 is 29.1 Å². The number of nitrogens with zero attached hydrogens (tertiary/aromatic N) is 3. The summed E-state index contributed by atoms with van der Waals surface area (Å²) in [7, 11) is 0. The molecule has 4 rings (SSSR count). The second kappa shape index (κ2) is 10.4. The minimum atomic E-state index is -0.292. The molecule has 172 valence electrons. The predicted molar refractivity (Wildman–Crippen MR) is 126 cm³/mol. The normalized spacial score (nSPS) is 18.2. The Labute approximate surface area is 193 Å². The van der Waals surface area contributed by atoms with Gasteiger partial charge in [-0.3, -0.25) is 19.3 Å². The molecule has 2 heterocycles. The number of anilines is 1. The molecule has 3 amide bonds. The van der Waals surface area contributed by atoms with Gasteiger partial charge < -0.3 is 11.1 Å². The van der Waals surface area contributed by atoms with Crippen molar-refractivity contribution in [2.75, 3.05) is 18.4 Å². The van der Waals surface area contributed by atoms with Crippen LogP contribution in [0.25, 0.3) is 0 Å². The molecule has 8 heteroatoms. The summed E-state index contributed by atoms with van der Waals surface area (Å²) in [4.78, 5) is 38.6. The van der Waals surface area contributed by atoms with Gasteiger partial charge in [0.05, 0.1) is 18.3 Å². The highest BCUT2D eigenvalue weighted by Crippen LogP contribution is 2.21. The number of benzene rings is 2. The molecule has 8 nitrogen and oxygen atoms in total. The van der Waals surface area contributed by atoms with Crippen molar-refractivity contribution in [2.45, 2.75) is 44.7 Å². The van der Waals surface area contributed by atoms with Crippen molar-refractivity contribution < 1.29 is 14.4 Å². The number of hydrogen-bond donors (Lipinski definition) is 2. The maximum absolute atomic E-state index is 12.5. The summed E-state index contributed by atoms with van der Waals surface area (Å²) < 4.78 is 0. The standard InChI is InChI=1S/C25H29N5O3/c26-25(33)22-10-5-14-29(22)17-18-6-4-9-20(16-18)27-23(31)11-12-24(32)30-15-13-21(28-30)19-7-2-1-3-8-19/h1-4,6-9,16,22H,5,10-15,17H2,(H2,26,33)(H,27,31). The summed E-state index contributed by atoms with van der Waals surface area (Å²) in [6.07, 6.45) is 2.64. The van der Waals surface area contributed by atoms with Crippen molar-refractivity contribution in [3.05, 3.63) is 65.7 Å². The SMILES string of the molecule is NC(=O)C1CCCN1Cc1cccc(NC(=O)CCC(=O)N2CCC(c3ccccc3)=N2)c1. The molecule has 0 aliphatic carbocycles. The van der Waals surface area contributed by atoms with Gasteiger partial charge in [-0.2, -0.15) is 5.10 Å². The molecule has 0 bridgehead atoms. The van der Waals surface area contributed by atoms with Gasteiger partial charge in [0.25, 0.3) is 0 Å². The van der Waals surface area contributed by atoms with Crippen LogP contribution in [-0.2, 0) is 20.9 Å². The topological polar surface area (TPSA) is 108 Å². The summed E-state index contributed by atoms with van der Waals surface area (Å²) in [6, 6.07) is 17.1. The van der Waals surface area contributed by atoms with E-state index in [1.165, 1.54) is 5.01 Å². The van der Waals surface area contributed by atoms with Crippen molar-refractivity contribution in [2.24, 2.45) is 10.8 Å². The molecule has 0 saturated carbocycles. The van der Waals surface area contributed by atoms with E-state index in [1.54, 1.807) is 0 Å². The molecule has 0 radical (unpaired) electrons. The number of carbonyl (C=O) groups is 3. The first-order valence-electron chi connectivity index (χ1n) is 11.3. The number of rotatable bonds is 8. The summed E-state index contributed by atoms with van der Waals surface area (Å²) in [5.74, 6) is -0.667. The minimum absolute atomic E-state index is 0.0889. The van der Waals surface area contributed by atoms with Gasteiger partial charge in [-0.05, 0) is 42.6 Å². The van der Waals surface area contributed by atoms with Gasteiger partial charge >= 0.3 is 0 Å². The van der Waals surface area contributed by atoms with Crippen LogP contribution in [0.15, 0.2) is 59.7 Å².